The molecule has 0 radical (unpaired) electrons. The maximum atomic E-state index is 10.2. The third kappa shape index (κ3) is 6.68. The van der Waals surface area contributed by atoms with Crippen LogP contribution in [0.25, 0.3) is 16.5 Å². The van der Waals surface area contributed by atoms with Crippen molar-refractivity contribution in [1.29, 1.82) is 0 Å². The molecule has 6 rings (SSSR count). The summed E-state index contributed by atoms with van der Waals surface area (Å²) in [7, 11) is 0. The van der Waals surface area contributed by atoms with Crippen LogP contribution in [0.2, 0.25) is 5.02 Å². The minimum Gasteiger partial charge on any atom is -0.490 e. The molecule has 0 spiro atoms. The Kier molecular flexibility index (Phi) is 8.46. The lowest BCUT2D eigenvalue weighted by molar-refractivity contribution is 0.0506. The first-order chi connectivity index (χ1) is 20.0. The number of rotatable bonds is 11. The molecule has 41 heavy (non-hydrogen) atoms. The second-order valence-electron chi connectivity index (χ2n) is 11.1. The first kappa shape index (κ1) is 28.0. The first-order valence-corrected chi connectivity index (χ1v) is 14.9. The quantitative estimate of drug-likeness (QED) is 0.162. The Morgan fingerprint density at radius 1 is 1.07 bits per heavy atom. The molecule has 2 fully saturated rings. The van der Waals surface area contributed by atoms with Crippen molar-refractivity contribution in [3.05, 3.63) is 71.9 Å². The fourth-order valence-electron chi connectivity index (χ4n) is 5.56. The zero-order valence-corrected chi connectivity index (χ0v) is 23.8. The molecular weight excluding hydrogens is 540 g/mol. The highest BCUT2D eigenvalue weighted by molar-refractivity contribution is 6.33. The Morgan fingerprint density at radius 3 is 2.61 bits per heavy atom. The van der Waals surface area contributed by atoms with Crippen molar-refractivity contribution in [2.24, 2.45) is 0 Å². The van der Waals surface area contributed by atoms with Crippen molar-refractivity contribution in [2.75, 3.05) is 18.4 Å². The topological polar surface area (TPSA) is 99.1 Å². The van der Waals surface area contributed by atoms with Crippen LogP contribution < -0.4 is 20.1 Å². The summed E-state index contributed by atoms with van der Waals surface area (Å²) in [5, 5.41) is 27.8. The lowest BCUT2D eigenvalue weighted by atomic mass is 9.96. The largest absolute Gasteiger partial charge is 0.490 e. The molecule has 9 heteroatoms. The number of ether oxygens (including phenoxy) is 2. The van der Waals surface area contributed by atoms with Gasteiger partial charge in [0.2, 0.25) is 0 Å². The minimum absolute atomic E-state index is 0.209. The van der Waals surface area contributed by atoms with Crippen LogP contribution in [0.1, 0.15) is 50.5 Å². The summed E-state index contributed by atoms with van der Waals surface area (Å²) in [5.74, 6) is 2.09. The van der Waals surface area contributed by atoms with Gasteiger partial charge in [0.15, 0.2) is 6.35 Å². The molecule has 3 aliphatic rings. The van der Waals surface area contributed by atoms with E-state index in [1.54, 1.807) is 24.4 Å². The smallest absolute Gasteiger partial charge is 0.181 e. The number of pyridine rings is 1. The van der Waals surface area contributed by atoms with Gasteiger partial charge in [0.1, 0.15) is 23.5 Å². The van der Waals surface area contributed by atoms with Crippen LogP contribution in [0.3, 0.4) is 0 Å². The van der Waals surface area contributed by atoms with Crippen molar-refractivity contribution in [2.45, 2.75) is 69.7 Å². The van der Waals surface area contributed by atoms with E-state index in [9.17, 15) is 10.2 Å². The Morgan fingerprint density at radius 2 is 1.90 bits per heavy atom. The van der Waals surface area contributed by atoms with Crippen molar-refractivity contribution in [3.63, 3.8) is 0 Å². The van der Waals surface area contributed by atoms with E-state index in [1.807, 2.05) is 23.1 Å². The number of aliphatic hydroxyl groups excluding tert-OH is 2. The van der Waals surface area contributed by atoms with E-state index >= 15 is 0 Å². The molecule has 2 atom stereocenters. The van der Waals surface area contributed by atoms with Crippen molar-refractivity contribution in [1.82, 2.24) is 15.2 Å². The van der Waals surface area contributed by atoms with Crippen LogP contribution in [0, 0.1) is 0 Å². The summed E-state index contributed by atoms with van der Waals surface area (Å²) in [4.78, 5) is 6.62. The summed E-state index contributed by atoms with van der Waals surface area (Å²) in [5.41, 5.74) is 3.62. The Balaban J connectivity index is 1.29. The van der Waals surface area contributed by atoms with Crippen LogP contribution in [-0.2, 0) is 0 Å². The number of nitrogens with zero attached hydrogens (tertiary/aromatic N) is 2. The highest BCUT2D eigenvalue weighted by Gasteiger charge is 2.25. The molecule has 0 saturated heterocycles. The lowest BCUT2D eigenvalue weighted by Crippen LogP contribution is -2.37. The average molecular weight is 577 g/mol. The van der Waals surface area contributed by atoms with E-state index in [4.69, 9.17) is 21.1 Å². The standard InChI is InChI=1S/C32H37ClN4O4/c1-2-31(38)37-15-12-20(13-16-37)24-18-25-28(19-30(24)40-22-5-3-4-6-22)34-14-11-29(25)41-23-9-10-27(26(33)17-23)36-32(39)35-21-7-8-21/h2,9-12,14,17-19,21-22,31-32,35-36,38-39H,1,3-8,13,15-16H2. The zero-order valence-electron chi connectivity index (χ0n) is 23.1. The molecule has 2 saturated carbocycles. The summed E-state index contributed by atoms with van der Waals surface area (Å²) in [6.07, 6.45) is 11.6. The van der Waals surface area contributed by atoms with Crippen molar-refractivity contribution < 1.29 is 19.7 Å². The van der Waals surface area contributed by atoms with Gasteiger partial charge in [-0.2, -0.15) is 0 Å². The minimum atomic E-state index is -0.865. The molecule has 1 aliphatic heterocycles. The van der Waals surface area contributed by atoms with Gasteiger partial charge >= 0.3 is 0 Å². The van der Waals surface area contributed by atoms with Gasteiger partial charge in [-0.3, -0.25) is 15.2 Å². The molecule has 4 N–H and O–H groups in total. The Hall–Kier alpha value is -3.14. The summed E-state index contributed by atoms with van der Waals surface area (Å²) in [6, 6.07) is 11.7. The normalized spacial score (nSPS) is 19.5. The molecule has 2 unspecified atom stereocenters. The van der Waals surface area contributed by atoms with Gasteiger partial charge in [0, 0.05) is 48.4 Å². The molecule has 3 aromatic rings. The number of fused-ring (bicyclic) bond motifs is 1. The average Bonchev–Trinajstić information content (AvgIpc) is 3.64. The number of hydrogen-bond donors (Lipinski definition) is 4. The highest BCUT2D eigenvalue weighted by atomic mass is 35.5. The first-order valence-electron chi connectivity index (χ1n) is 14.5. The van der Waals surface area contributed by atoms with Crippen molar-refractivity contribution in [3.8, 4) is 17.2 Å². The maximum absolute atomic E-state index is 10.2. The second kappa shape index (κ2) is 12.4. The fraction of sp³-hybridized carbons (Fsp3) is 0.406. The third-order valence-corrected chi connectivity index (χ3v) is 8.31. The van der Waals surface area contributed by atoms with E-state index in [-0.39, 0.29) is 6.10 Å². The van der Waals surface area contributed by atoms with Gasteiger partial charge in [-0.15, -0.1) is 0 Å². The highest BCUT2D eigenvalue weighted by Crippen LogP contribution is 2.40. The SMILES string of the molecule is C=CC(O)N1CC=C(c2cc3c(Oc4ccc(NC(O)NC5CC5)c(Cl)c4)ccnc3cc2OC2CCCC2)CC1. The van der Waals surface area contributed by atoms with Gasteiger partial charge in [0.25, 0.3) is 0 Å². The lowest BCUT2D eigenvalue weighted by Gasteiger charge is -2.30. The number of hydrogen-bond acceptors (Lipinski definition) is 8. The van der Waals surface area contributed by atoms with E-state index in [2.05, 4.69) is 34.3 Å². The molecule has 0 bridgehead atoms. The van der Waals surface area contributed by atoms with E-state index in [0.717, 1.165) is 60.9 Å². The van der Waals surface area contributed by atoms with E-state index < -0.39 is 12.6 Å². The summed E-state index contributed by atoms with van der Waals surface area (Å²) >= 11 is 6.54. The van der Waals surface area contributed by atoms with Gasteiger partial charge in [-0.1, -0.05) is 24.3 Å². The third-order valence-electron chi connectivity index (χ3n) is 8.00. The number of halogens is 1. The molecule has 2 aliphatic carbocycles. The van der Waals surface area contributed by atoms with Crippen LogP contribution in [0.4, 0.5) is 5.69 Å². The Labute approximate surface area is 245 Å². The molecule has 8 nitrogen and oxygen atoms in total. The van der Waals surface area contributed by atoms with Crippen LogP contribution in [0.5, 0.6) is 17.2 Å². The van der Waals surface area contributed by atoms with Crippen LogP contribution in [-0.4, -0.2) is 57.9 Å². The van der Waals surface area contributed by atoms with Crippen LogP contribution in [0.15, 0.2) is 61.3 Å². The Bertz CT molecular complexity index is 1440. The molecule has 1 aromatic heterocycles. The summed E-state index contributed by atoms with van der Waals surface area (Å²) < 4.78 is 12.9. The fourth-order valence-corrected chi connectivity index (χ4v) is 5.78. The maximum Gasteiger partial charge on any atom is 0.181 e. The summed E-state index contributed by atoms with van der Waals surface area (Å²) in [6.45, 7) is 5.07. The molecule has 216 valence electrons. The molecular formula is C32H37ClN4O4. The van der Waals surface area contributed by atoms with Gasteiger partial charge < -0.3 is 25.0 Å². The van der Waals surface area contributed by atoms with E-state index in [0.29, 0.717) is 34.8 Å². The van der Waals surface area contributed by atoms with Gasteiger partial charge in [0.05, 0.1) is 22.3 Å². The van der Waals surface area contributed by atoms with Gasteiger partial charge in [-0.05, 0) is 80.9 Å². The number of anilines is 1. The molecule has 2 heterocycles. The zero-order chi connectivity index (χ0) is 28.3. The monoisotopic (exact) mass is 576 g/mol. The molecule has 2 aromatic carbocycles. The number of aliphatic hydroxyl groups is 2. The number of nitrogens with one attached hydrogen (secondary N) is 2. The number of benzene rings is 2. The van der Waals surface area contributed by atoms with E-state index in [1.165, 1.54) is 18.4 Å². The van der Waals surface area contributed by atoms with Crippen molar-refractivity contribution >= 4 is 33.8 Å². The van der Waals surface area contributed by atoms with Crippen LogP contribution >= 0.6 is 11.6 Å². The predicted molar refractivity (Wildman–Crippen MR) is 162 cm³/mol. The predicted octanol–water partition coefficient (Wildman–Crippen LogP) is 6.04. The number of aromatic nitrogens is 1. The molecule has 0 amide bonds. The second-order valence-corrected chi connectivity index (χ2v) is 11.5. The van der Waals surface area contributed by atoms with Gasteiger partial charge in [-0.25, -0.2) is 0 Å².